The first kappa shape index (κ1) is 18.4. The van der Waals surface area contributed by atoms with Crippen molar-refractivity contribution in [1.82, 2.24) is 0 Å². The standard InChI is InChI=1S/C16H32O2Si/c1-6-7-8-9-10-11-12-13-14-19(4,5)18-16(17)15(2)3/h2,6-14H2,1,3-5H3. The first-order valence-electron chi connectivity index (χ1n) is 7.78. The summed E-state index contributed by atoms with van der Waals surface area (Å²) < 4.78 is 5.56. The maximum absolute atomic E-state index is 11.5. The van der Waals surface area contributed by atoms with E-state index in [2.05, 4.69) is 26.6 Å². The second-order valence-electron chi connectivity index (χ2n) is 6.15. The van der Waals surface area contributed by atoms with Crippen molar-refractivity contribution < 1.29 is 9.22 Å². The Hall–Kier alpha value is -0.573. The smallest absolute Gasteiger partial charge is 0.319 e. The van der Waals surface area contributed by atoms with Gasteiger partial charge >= 0.3 is 5.97 Å². The zero-order valence-corrected chi connectivity index (χ0v) is 14.4. The lowest BCUT2D eigenvalue weighted by Crippen LogP contribution is -2.33. The molecular formula is C16H32O2Si. The van der Waals surface area contributed by atoms with Gasteiger partial charge in [-0.25, -0.2) is 4.79 Å². The monoisotopic (exact) mass is 284 g/mol. The van der Waals surface area contributed by atoms with E-state index in [9.17, 15) is 4.79 Å². The fourth-order valence-corrected chi connectivity index (χ4v) is 3.95. The molecule has 0 aliphatic heterocycles. The van der Waals surface area contributed by atoms with Crippen molar-refractivity contribution in [3.05, 3.63) is 12.2 Å². The van der Waals surface area contributed by atoms with Gasteiger partial charge in [0.15, 0.2) is 0 Å². The fraction of sp³-hybridized carbons (Fsp3) is 0.812. The summed E-state index contributed by atoms with van der Waals surface area (Å²) in [5.41, 5.74) is 0.511. The summed E-state index contributed by atoms with van der Waals surface area (Å²) in [5, 5.41) is 0. The highest BCUT2D eigenvalue weighted by atomic mass is 28.4. The minimum absolute atomic E-state index is 0.212. The van der Waals surface area contributed by atoms with Crippen LogP contribution < -0.4 is 0 Å². The van der Waals surface area contributed by atoms with Crippen LogP contribution in [0.1, 0.15) is 65.2 Å². The first-order valence-corrected chi connectivity index (χ1v) is 10.9. The average Bonchev–Trinajstić information content (AvgIpc) is 2.31. The van der Waals surface area contributed by atoms with Gasteiger partial charge in [0.25, 0.3) is 0 Å². The molecule has 0 N–H and O–H groups in total. The Morgan fingerprint density at radius 3 is 1.95 bits per heavy atom. The Kier molecular flexibility index (Phi) is 9.93. The van der Waals surface area contributed by atoms with Crippen LogP contribution >= 0.6 is 0 Å². The third kappa shape index (κ3) is 11.0. The Labute approximate surface area is 120 Å². The molecular weight excluding hydrogens is 252 g/mol. The molecule has 0 aromatic carbocycles. The summed E-state index contributed by atoms with van der Waals surface area (Å²) >= 11 is 0. The molecule has 0 unspecified atom stereocenters. The minimum Gasteiger partial charge on any atom is -0.516 e. The van der Waals surface area contributed by atoms with Crippen LogP contribution in [0.2, 0.25) is 19.1 Å². The molecule has 0 saturated carbocycles. The minimum atomic E-state index is -1.82. The van der Waals surface area contributed by atoms with Crippen molar-refractivity contribution in [3.63, 3.8) is 0 Å². The molecule has 0 spiro atoms. The highest BCUT2D eigenvalue weighted by Gasteiger charge is 2.26. The molecule has 0 bridgehead atoms. The Balaban J connectivity index is 3.58. The largest absolute Gasteiger partial charge is 0.516 e. The first-order chi connectivity index (χ1) is 8.89. The number of unbranched alkanes of at least 4 members (excludes halogenated alkanes) is 7. The van der Waals surface area contributed by atoms with Gasteiger partial charge in [0.2, 0.25) is 8.32 Å². The van der Waals surface area contributed by atoms with Crippen molar-refractivity contribution in [2.75, 3.05) is 0 Å². The zero-order valence-electron chi connectivity index (χ0n) is 13.4. The summed E-state index contributed by atoms with van der Waals surface area (Å²) in [4.78, 5) is 11.5. The summed E-state index contributed by atoms with van der Waals surface area (Å²) in [6.07, 6.45) is 10.6. The molecule has 0 saturated heterocycles. The molecule has 0 amide bonds. The van der Waals surface area contributed by atoms with Gasteiger partial charge in [0.1, 0.15) is 0 Å². The topological polar surface area (TPSA) is 26.3 Å². The fourth-order valence-electron chi connectivity index (χ4n) is 2.07. The molecule has 112 valence electrons. The maximum Gasteiger partial charge on any atom is 0.319 e. The van der Waals surface area contributed by atoms with Gasteiger partial charge in [-0.1, -0.05) is 64.9 Å². The molecule has 0 aliphatic carbocycles. The summed E-state index contributed by atoms with van der Waals surface area (Å²) in [6, 6.07) is 1.07. The van der Waals surface area contributed by atoms with E-state index in [4.69, 9.17) is 4.43 Å². The highest BCUT2D eigenvalue weighted by molar-refractivity contribution is 6.72. The van der Waals surface area contributed by atoms with E-state index >= 15 is 0 Å². The molecule has 0 fully saturated rings. The van der Waals surface area contributed by atoms with E-state index < -0.39 is 8.32 Å². The summed E-state index contributed by atoms with van der Waals surface area (Å²) in [7, 11) is -1.82. The predicted molar refractivity (Wildman–Crippen MR) is 85.8 cm³/mol. The Morgan fingerprint density at radius 2 is 1.47 bits per heavy atom. The van der Waals surface area contributed by atoms with Crippen LogP contribution in [0.15, 0.2) is 12.2 Å². The van der Waals surface area contributed by atoms with Gasteiger partial charge in [-0.2, -0.15) is 0 Å². The molecule has 0 aromatic rings. The quantitative estimate of drug-likeness (QED) is 0.286. The third-order valence-electron chi connectivity index (χ3n) is 3.35. The number of carbonyl (C=O) groups is 1. The van der Waals surface area contributed by atoms with Crippen LogP contribution in [-0.4, -0.2) is 14.3 Å². The Bertz CT molecular complexity index is 272. The van der Waals surface area contributed by atoms with Gasteiger partial charge in [0, 0.05) is 5.57 Å². The van der Waals surface area contributed by atoms with Crippen molar-refractivity contribution in [2.45, 2.75) is 84.4 Å². The van der Waals surface area contributed by atoms with E-state index in [0.717, 1.165) is 6.04 Å². The normalized spacial score (nSPS) is 11.4. The van der Waals surface area contributed by atoms with Crippen molar-refractivity contribution in [1.29, 1.82) is 0 Å². The molecule has 2 nitrogen and oxygen atoms in total. The van der Waals surface area contributed by atoms with Gasteiger partial charge in [0.05, 0.1) is 0 Å². The third-order valence-corrected chi connectivity index (χ3v) is 5.65. The van der Waals surface area contributed by atoms with Gasteiger partial charge in [-0.15, -0.1) is 0 Å². The van der Waals surface area contributed by atoms with Gasteiger partial charge in [-0.05, 0) is 26.1 Å². The number of hydrogen-bond donors (Lipinski definition) is 0. The van der Waals surface area contributed by atoms with Crippen LogP contribution in [0.4, 0.5) is 0 Å². The summed E-state index contributed by atoms with van der Waals surface area (Å²) in [5.74, 6) is -0.212. The maximum atomic E-state index is 11.5. The Morgan fingerprint density at radius 1 is 1.00 bits per heavy atom. The van der Waals surface area contributed by atoms with Crippen molar-refractivity contribution in [3.8, 4) is 0 Å². The van der Waals surface area contributed by atoms with Crippen LogP contribution in [0.5, 0.6) is 0 Å². The van der Waals surface area contributed by atoms with Gasteiger partial charge < -0.3 is 4.43 Å². The van der Waals surface area contributed by atoms with Crippen LogP contribution in [-0.2, 0) is 9.22 Å². The number of carbonyl (C=O) groups excluding carboxylic acids is 1. The van der Waals surface area contributed by atoms with E-state index in [0.29, 0.717) is 5.57 Å². The molecule has 0 heterocycles. The highest BCUT2D eigenvalue weighted by Crippen LogP contribution is 2.18. The van der Waals surface area contributed by atoms with Crippen molar-refractivity contribution in [2.24, 2.45) is 0 Å². The molecule has 0 atom stereocenters. The van der Waals surface area contributed by atoms with E-state index in [1.165, 1.54) is 51.4 Å². The van der Waals surface area contributed by atoms with E-state index in [1.807, 2.05) is 0 Å². The second-order valence-corrected chi connectivity index (χ2v) is 10.4. The molecule has 0 radical (unpaired) electrons. The summed E-state index contributed by atoms with van der Waals surface area (Å²) in [6.45, 7) is 11.8. The lowest BCUT2D eigenvalue weighted by molar-refractivity contribution is -0.130. The van der Waals surface area contributed by atoms with E-state index in [-0.39, 0.29) is 5.97 Å². The molecule has 19 heavy (non-hydrogen) atoms. The number of rotatable bonds is 11. The van der Waals surface area contributed by atoms with Gasteiger partial charge in [-0.3, -0.25) is 0 Å². The van der Waals surface area contributed by atoms with Crippen LogP contribution in [0.3, 0.4) is 0 Å². The lowest BCUT2D eigenvalue weighted by atomic mass is 10.1. The van der Waals surface area contributed by atoms with Crippen LogP contribution in [0.25, 0.3) is 0 Å². The molecule has 0 aromatic heterocycles. The molecule has 0 rings (SSSR count). The zero-order chi connectivity index (χ0) is 14.7. The lowest BCUT2D eigenvalue weighted by Gasteiger charge is -2.22. The molecule has 3 heteroatoms. The SMILES string of the molecule is C=C(C)C(=O)O[Si](C)(C)CCCCCCCCCC. The average molecular weight is 285 g/mol. The van der Waals surface area contributed by atoms with Crippen molar-refractivity contribution >= 4 is 14.3 Å². The van der Waals surface area contributed by atoms with E-state index in [1.54, 1.807) is 6.92 Å². The molecule has 0 aliphatic rings. The predicted octanol–water partition coefficient (Wildman–Crippen LogP) is 5.45. The number of hydrogen-bond acceptors (Lipinski definition) is 2. The second kappa shape index (κ2) is 10.2. The van der Waals surface area contributed by atoms with Crippen LogP contribution in [0, 0.1) is 0 Å².